The lowest BCUT2D eigenvalue weighted by atomic mass is 10.0. The second-order valence-corrected chi connectivity index (χ2v) is 3.78. The number of carbonyl (C=O) groups is 1. The molecule has 1 aliphatic heterocycles. The highest BCUT2D eigenvalue weighted by Crippen LogP contribution is 2.38. The number of nitro groups is 1. The SMILES string of the molecule is COc1cccc2c1C(=O)OC2C(C)[N+](=O)[O-]. The van der Waals surface area contributed by atoms with Gasteiger partial charge < -0.3 is 9.47 Å². The fourth-order valence-corrected chi connectivity index (χ4v) is 1.88. The lowest BCUT2D eigenvalue weighted by molar-refractivity contribution is -0.530. The maximum Gasteiger partial charge on any atom is 0.343 e. The van der Waals surface area contributed by atoms with E-state index in [2.05, 4.69) is 0 Å². The molecule has 17 heavy (non-hydrogen) atoms. The van der Waals surface area contributed by atoms with Gasteiger partial charge in [0, 0.05) is 17.4 Å². The van der Waals surface area contributed by atoms with E-state index in [0.717, 1.165) is 0 Å². The fourth-order valence-electron chi connectivity index (χ4n) is 1.88. The number of ether oxygens (including phenoxy) is 2. The minimum absolute atomic E-state index is 0.286. The van der Waals surface area contributed by atoms with Crippen LogP contribution in [0.2, 0.25) is 0 Å². The van der Waals surface area contributed by atoms with Crippen LogP contribution < -0.4 is 4.74 Å². The first-order chi connectivity index (χ1) is 8.06. The van der Waals surface area contributed by atoms with Crippen molar-refractivity contribution in [3.63, 3.8) is 0 Å². The van der Waals surface area contributed by atoms with Crippen LogP contribution in [0.5, 0.6) is 5.75 Å². The molecule has 0 radical (unpaired) electrons. The van der Waals surface area contributed by atoms with Crippen molar-refractivity contribution in [1.29, 1.82) is 0 Å². The Kier molecular flexibility index (Phi) is 2.71. The summed E-state index contributed by atoms with van der Waals surface area (Å²) in [6.45, 7) is 1.41. The van der Waals surface area contributed by atoms with E-state index in [1.54, 1.807) is 18.2 Å². The zero-order valence-electron chi connectivity index (χ0n) is 9.38. The molecule has 0 saturated heterocycles. The summed E-state index contributed by atoms with van der Waals surface area (Å²) in [4.78, 5) is 21.9. The summed E-state index contributed by atoms with van der Waals surface area (Å²) < 4.78 is 10.1. The van der Waals surface area contributed by atoms with Gasteiger partial charge in [0.2, 0.25) is 0 Å². The van der Waals surface area contributed by atoms with Gasteiger partial charge in [-0.15, -0.1) is 0 Å². The van der Waals surface area contributed by atoms with Crippen LogP contribution in [0.1, 0.15) is 28.9 Å². The maximum atomic E-state index is 11.7. The molecule has 2 atom stereocenters. The molecule has 0 saturated carbocycles. The molecule has 0 amide bonds. The van der Waals surface area contributed by atoms with Gasteiger partial charge in [0.15, 0.2) is 6.10 Å². The Labute approximate surface area is 97.3 Å². The topological polar surface area (TPSA) is 78.7 Å². The average molecular weight is 237 g/mol. The van der Waals surface area contributed by atoms with Gasteiger partial charge >= 0.3 is 5.97 Å². The van der Waals surface area contributed by atoms with Crippen molar-refractivity contribution in [1.82, 2.24) is 0 Å². The van der Waals surface area contributed by atoms with Crippen LogP contribution in [0, 0.1) is 10.1 Å². The zero-order chi connectivity index (χ0) is 12.6. The molecule has 0 fully saturated rings. The van der Waals surface area contributed by atoms with E-state index in [9.17, 15) is 14.9 Å². The molecule has 0 aromatic heterocycles. The van der Waals surface area contributed by atoms with Crippen LogP contribution in [0.25, 0.3) is 0 Å². The summed E-state index contributed by atoms with van der Waals surface area (Å²) in [6.07, 6.45) is -0.845. The third-order valence-corrected chi connectivity index (χ3v) is 2.79. The van der Waals surface area contributed by atoms with Gasteiger partial charge in [-0.1, -0.05) is 12.1 Å². The quantitative estimate of drug-likeness (QED) is 0.453. The van der Waals surface area contributed by atoms with Gasteiger partial charge in [-0.3, -0.25) is 10.1 Å². The molecule has 0 spiro atoms. The largest absolute Gasteiger partial charge is 0.496 e. The Hall–Kier alpha value is -2.11. The van der Waals surface area contributed by atoms with Gasteiger partial charge in [0.1, 0.15) is 11.3 Å². The van der Waals surface area contributed by atoms with Gasteiger partial charge in [-0.2, -0.15) is 0 Å². The highest BCUT2D eigenvalue weighted by molar-refractivity contribution is 5.97. The first-order valence-electron chi connectivity index (χ1n) is 5.07. The summed E-state index contributed by atoms with van der Waals surface area (Å²) in [6, 6.07) is 3.97. The Bertz CT molecular complexity index is 485. The fraction of sp³-hybridized carbons (Fsp3) is 0.364. The van der Waals surface area contributed by atoms with Crippen LogP contribution in [-0.2, 0) is 4.74 Å². The second-order valence-electron chi connectivity index (χ2n) is 3.78. The lowest BCUT2D eigenvalue weighted by Crippen LogP contribution is -2.24. The van der Waals surface area contributed by atoms with E-state index < -0.39 is 23.0 Å². The monoisotopic (exact) mass is 237 g/mol. The van der Waals surface area contributed by atoms with Gasteiger partial charge in [0.25, 0.3) is 6.04 Å². The first kappa shape index (κ1) is 11.4. The molecule has 6 heteroatoms. The molecular formula is C11H11NO5. The summed E-state index contributed by atoms with van der Waals surface area (Å²) in [5.41, 5.74) is 0.798. The van der Waals surface area contributed by atoms with Crippen molar-refractivity contribution < 1.29 is 19.2 Å². The van der Waals surface area contributed by atoms with E-state index in [4.69, 9.17) is 9.47 Å². The highest BCUT2D eigenvalue weighted by Gasteiger charge is 2.41. The average Bonchev–Trinajstić information content (AvgIpc) is 2.66. The van der Waals surface area contributed by atoms with Crippen molar-refractivity contribution in [2.24, 2.45) is 0 Å². The van der Waals surface area contributed by atoms with E-state index in [1.165, 1.54) is 14.0 Å². The third-order valence-electron chi connectivity index (χ3n) is 2.79. The molecular weight excluding hydrogens is 226 g/mol. The number of rotatable bonds is 3. The van der Waals surface area contributed by atoms with Crippen molar-refractivity contribution in [2.45, 2.75) is 19.1 Å². The number of benzene rings is 1. The molecule has 2 unspecified atom stereocenters. The number of nitrogens with zero attached hydrogens (tertiary/aromatic N) is 1. The molecule has 1 heterocycles. The van der Waals surface area contributed by atoms with Crippen LogP contribution in [-0.4, -0.2) is 24.0 Å². The van der Waals surface area contributed by atoms with Crippen molar-refractivity contribution in [3.05, 3.63) is 39.4 Å². The minimum atomic E-state index is -0.979. The molecule has 6 nitrogen and oxygen atoms in total. The summed E-state index contributed by atoms with van der Waals surface area (Å²) in [7, 11) is 1.44. The summed E-state index contributed by atoms with van der Waals surface area (Å²) >= 11 is 0. The minimum Gasteiger partial charge on any atom is -0.496 e. The predicted octanol–water partition coefficient (Wildman–Crippen LogP) is 1.57. The zero-order valence-corrected chi connectivity index (χ0v) is 9.38. The third kappa shape index (κ3) is 1.71. The van der Waals surface area contributed by atoms with Crippen LogP contribution in [0.4, 0.5) is 0 Å². The standard InChI is InChI=1S/C11H11NO5/c1-6(12(14)15)10-7-4-3-5-8(16-2)9(7)11(13)17-10/h3-6,10H,1-2H3. The molecule has 0 bridgehead atoms. The lowest BCUT2D eigenvalue weighted by Gasteiger charge is -2.11. The van der Waals surface area contributed by atoms with E-state index in [-0.39, 0.29) is 5.56 Å². The van der Waals surface area contributed by atoms with Gasteiger partial charge in [-0.05, 0) is 6.07 Å². The Morgan fingerprint density at radius 2 is 2.24 bits per heavy atom. The molecule has 1 aromatic rings. The number of hydrogen-bond acceptors (Lipinski definition) is 5. The first-order valence-corrected chi connectivity index (χ1v) is 5.07. The molecule has 0 aliphatic carbocycles. The van der Waals surface area contributed by atoms with E-state index in [0.29, 0.717) is 11.3 Å². The second kappa shape index (κ2) is 4.04. The molecule has 1 aliphatic rings. The Morgan fingerprint density at radius 1 is 1.53 bits per heavy atom. The van der Waals surface area contributed by atoms with E-state index in [1.807, 2.05) is 0 Å². The molecule has 2 rings (SSSR count). The Balaban J connectivity index is 2.48. The van der Waals surface area contributed by atoms with Gasteiger partial charge in [0.05, 0.1) is 7.11 Å². The van der Waals surface area contributed by atoms with Crippen molar-refractivity contribution >= 4 is 5.97 Å². The highest BCUT2D eigenvalue weighted by atomic mass is 16.6. The number of hydrogen-bond donors (Lipinski definition) is 0. The van der Waals surface area contributed by atoms with E-state index >= 15 is 0 Å². The van der Waals surface area contributed by atoms with Crippen LogP contribution in [0.3, 0.4) is 0 Å². The molecule has 90 valence electrons. The summed E-state index contributed by atoms with van der Waals surface area (Å²) in [5.74, 6) is -0.193. The summed E-state index contributed by atoms with van der Waals surface area (Å²) in [5, 5.41) is 10.7. The smallest absolute Gasteiger partial charge is 0.343 e. The number of esters is 1. The maximum absolute atomic E-state index is 11.7. The number of carbonyl (C=O) groups excluding carboxylic acids is 1. The normalized spacial score (nSPS) is 19.4. The number of methoxy groups -OCH3 is 1. The van der Waals surface area contributed by atoms with Crippen LogP contribution in [0.15, 0.2) is 18.2 Å². The van der Waals surface area contributed by atoms with Crippen LogP contribution >= 0.6 is 0 Å². The number of fused-ring (bicyclic) bond motifs is 1. The van der Waals surface area contributed by atoms with Crippen molar-refractivity contribution in [3.8, 4) is 5.75 Å². The molecule has 1 aromatic carbocycles. The predicted molar refractivity (Wildman–Crippen MR) is 57.6 cm³/mol. The number of cyclic esters (lactones) is 1. The van der Waals surface area contributed by atoms with Gasteiger partial charge in [-0.25, -0.2) is 4.79 Å². The Morgan fingerprint density at radius 3 is 2.82 bits per heavy atom. The molecule has 0 N–H and O–H groups in total. The van der Waals surface area contributed by atoms with Crippen molar-refractivity contribution in [2.75, 3.05) is 7.11 Å².